The molecule has 3 heterocycles. The van der Waals surface area contributed by atoms with Gasteiger partial charge in [0.15, 0.2) is 0 Å². The van der Waals surface area contributed by atoms with Gasteiger partial charge in [-0.2, -0.15) is 5.10 Å². The van der Waals surface area contributed by atoms with Gasteiger partial charge < -0.3 is 0 Å². The SMILES string of the molecule is Clc1ccc(-c2csc(NN=C(c3ccccn3)c3ccccn3)n2)cc1. The van der Waals surface area contributed by atoms with Gasteiger partial charge in [-0.3, -0.25) is 15.4 Å². The van der Waals surface area contributed by atoms with E-state index in [2.05, 4.69) is 25.5 Å². The number of hydrazone groups is 1. The molecule has 1 N–H and O–H groups in total. The Labute approximate surface area is 165 Å². The highest BCUT2D eigenvalue weighted by molar-refractivity contribution is 7.14. The molecule has 0 atom stereocenters. The molecular weight excluding hydrogens is 378 g/mol. The quantitative estimate of drug-likeness (QED) is 0.379. The molecule has 0 bridgehead atoms. The Morgan fingerprint density at radius 1 is 0.889 bits per heavy atom. The summed E-state index contributed by atoms with van der Waals surface area (Å²) in [4.78, 5) is 13.4. The fourth-order valence-electron chi connectivity index (χ4n) is 2.43. The Bertz CT molecular complexity index is 1010. The van der Waals surface area contributed by atoms with Gasteiger partial charge in [0.25, 0.3) is 0 Å². The standard InChI is InChI=1S/C20H14ClN5S/c21-15-9-7-14(8-10-15)18-13-27-20(24-18)26-25-19(16-5-1-3-11-22-16)17-6-2-4-12-23-17/h1-13H,(H,24,26). The highest BCUT2D eigenvalue weighted by Gasteiger charge is 2.10. The maximum absolute atomic E-state index is 5.95. The molecule has 5 nitrogen and oxygen atoms in total. The van der Waals surface area contributed by atoms with Crippen LogP contribution < -0.4 is 5.43 Å². The van der Waals surface area contributed by atoms with Crippen molar-refractivity contribution in [2.75, 3.05) is 5.43 Å². The molecule has 0 unspecified atom stereocenters. The van der Waals surface area contributed by atoms with E-state index in [9.17, 15) is 0 Å². The predicted molar refractivity (Wildman–Crippen MR) is 110 cm³/mol. The first-order valence-corrected chi connectivity index (χ1v) is 9.43. The van der Waals surface area contributed by atoms with Crippen LogP contribution in [0.1, 0.15) is 11.4 Å². The summed E-state index contributed by atoms with van der Waals surface area (Å²) in [6, 6.07) is 19.0. The second kappa shape index (κ2) is 8.07. The summed E-state index contributed by atoms with van der Waals surface area (Å²) in [7, 11) is 0. The zero-order valence-electron chi connectivity index (χ0n) is 14.1. The number of benzene rings is 1. The summed E-state index contributed by atoms with van der Waals surface area (Å²) in [5.74, 6) is 0. The molecular formula is C20H14ClN5S. The molecule has 1 aromatic carbocycles. The molecule has 4 rings (SSSR count). The van der Waals surface area contributed by atoms with Gasteiger partial charge >= 0.3 is 0 Å². The number of hydrogen-bond acceptors (Lipinski definition) is 6. The van der Waals surface area contributed by atoms with Crippen molar-refractivity contribution >= 4 is 33.8 Å². The lowest BCUT2D eigenvalue weighted by Crippen LogP contribution is -2.10. The number of rotatable bonds is 5. The van der Waals surface area contributed by atoms with Crippen molar-refractivity contribution in [1.29, 1.82) is 0 Å². The molecule has 27 heavy (non-hydrogen) atoms. The summed E-state index contributed by atoms with van der Waals surface area (Å²) in [5.41, 5.74) is 7.02. The van der Waals surface area contributed by atoms with Crippen molar-refractivity contribution in [3.8, 4) is 11.3 Å². The molecule has 0 radical (unpaired) electrons. The van der Waals surface area contributed by atoms with Crippen molar-refractivity contribution < 1.29 is 0 Å². The molecule has 3 aromatic heterocycles. The molecule has 0 aliphatic heterocycles. The summed E-state index contributed by atoms with van der Waals surface area (Å²) >= 11 is 7.42. The van der Waals surface area contributed by atoms with Crippen LogP contribution in [0.25, 0.3) is 11.3 Å². The summed E-state index contributed by atoms with van der Waals surface area (Å²) < 4.78 is 0. The number of hydrogen-bond donors (Lipinski definition) is 1. The number of halogens is 1. The van der Waals surface area contributed by atoms with Crippen LogP contribution in [0.3, 0.4) is 0 Å². The molecule has 132 valence electrons. The van der Waals surface area contributed by atoms with Gasteiger partial charge in [0.1, 0.15) is 5.71 Å². The molecule has 0 saturated carbocycles. The molecule has 0 aliphatic rings. The van der Waals surface area contributed by atoms with Crippen LogP contribution in [0.15, 0.2) is 83.5 Å². The van der Waals surface area contributed by atoms with E-state index in [0.29, 0.717) is 15.9 Å². The smallest absolute Gasteiger partial charge is 0.203 e. The Hall–Kier alpha value is -3.09. The predicted octanol–water partition coefficient (Wildman–Crippen LogP) is 5.12. The van der Waals surface area contributed by atoms with Gasteiger partial charge in [0, 0.05) is 28.4 Å². The minimum Gasteiger partial charge on any atom is -0.254 e. The van der Waals surface area contributed by atoms with Crippen LogP contribution in [-0.2, 0) is 0 Å². The average molecular weight is 392 g/mol. The molecule has 0 aliphatic carbocycles. The molecule has 0 amide bonds. The Morgan fingerprint density at radius 2 is 1.56 bits per heavy atom. The third-order valence-electron chi connectivity index (χ3n) is 3.72. The van der Waals surface area contributed by atoms with Gasteiger partial charge in [0.2, 0.25) is 5.13 Å². The van der Waals surface area contributed by atoms with E-state index in [1.807, 2.05) is 66.0 Å². The largest absolute Gasteiger partial charge is 0.254 e. The maximum Gasteiger partial charge on any atom is 0.203 e. The topological polar surface area (TPSA) is 63.1 Å². The third-order valence-corrected chi connectivity index (χ3v) is 4.72. The lowest BCUT2D eigenvalue weighted by molar-refractivity contribution is 1.21. The van der Waals surface area contributed by atoms with E-state index in [1.54, 1.807) is 12.4 Å². The maximum atomic E-state index is 5.95. The second-order valence-corrected chi connectivity index (χ2v) is 6.84. The average Bonchev–Trinajstić information content (AvgIpc) is 3.19. The number of aromatic nitrogens is 3. The second-order valence-electron chi connectivity index (χ2n) is 5.55. The molecule has 4 aromatic rings. The van der Waals surface area contributed by atoms with E-state index in [4.69, 9.17) is 11.6 Å². The van der Waals surface area contributed by atoms with Crippen molar-refractivity contribution in [3.05, 3.63) is 94.8 Å². The highest BCUT2D eigenvalue weighted by Crippen LogP contribution is 2.26. The minimum absolute atomic E-state index is 0.652. The van der Waals surface area contributed by atoms with Gasteiger partial charge in [-0.1, -0.05) is 35.9 Å². The van der Waals surface area contributed by atoms with Gasteiger partial charge in [-0.15, -0.1) is 11.3 Å². The van der Waals surface area contributed by atoms with Crippen molar-refractivity contribution in [1.82, 2.24) is 15.0 Å². The highest BCUT2D eigenvalue weighted by atomic mass is 35.5. The summed E-state index contributed by atoms with van der Waals surface area (Å²) in [6.07, 6.45) is 3.46. The van der Waals surface area contributed by atoms with Crippen LogP contribution in [-0.4, -0.2) is 20.7 Å². The summed E-state index contributed by atoms with van der Waals surface area (Å²) in [6.45, 7) is 0. The van der Waals surface area contributed by atoms with Gasteiger partial charge in [-0.05, 0) is 36.4 Å². The monoisotopic (exact) mass is 391 g/mol. The van der Waals surface area contributed by atoms with Crippen molar-refractivity contribution in [2.45, 2.75) is 0 Å². The number of anilines is 1. The van der Waals surface area contributed by atoms with Crippen LogP contribution in [0.2, 0.25) is 5.02 Å². The van der Waals surface area contributed by atoms with E-state index in [0.717, 1.165) is 22.6 Å². The lowest BCUT2D eigenvalue weighted by atomic mass is 10.1. The number of pyridine rings is 2. The van der Waals surface area contributed by atoms with Crippen LogP contribution in [0, 0.1) is 0 Å². The minimum atomic E-state index is 0.652. The first-order chi connectivity index (χ1) is 13.3. The molecule has 0 spiro atoms. The zero-order chi connectivity index (χ0) is 18.5. The van der Waals surface area contributed by atoms with E-state index in [-0.39, 0.29) is 0 Å². The number of thiazole rings is 1. The van der Waals surface area contributed by atoms with Gasteiger partial charge in [0.05, 0.1) is 17.1 Å². The van der Waals surface area contributed by atoms with Crippen LogP contribution in [0.4, 0.5) is 5.13 Å². The molecule has 0 fully saturated rings. The molecule has 7 heteroatoms. The van der Waals surface area contributed by atoms with Gasteiger partial charge in [-0.25, -0.2) is 4.98 Å². The van der Waals surface area contributed by atoms with E-state index >= 15 is 0 Å². The van der Waals surface area contributed by atoms with Crippen molar-refractivity contribution in [3.63, 3.8) is 0 Å². The van der Waals surface area contributed by atoms with Crippen LogP contribution in [0.5, 0.6) is 0 Å². The Kier molecular flexibility index (Phi) is 5.18. The summed E-state index contributed by atoms with van der Waals surface area (Å²) in [5, 5.41) is 7.88. The van der Waals surface area contributed by atoms with Crippen LogP contribution >= 0.6 is 22.9 Å². The first kappa shape index (κ1) is 17.3. The fraction of sp³-hybridized carbons (Fsp3) is 0. The Balaban J connectivity index is 1.62. The third kappa shape index (κ3) is 4.19. The zero-order valence-corrected chi connectivity index (χ0v) is 15.7. The number of nitrogens with one attached hydrogen (secondary N) is 1. The lowest BCUT2D eigenvalue weighted by Gasteiger charge is -2.05. The van der Waals surface area contributed by atoms with E-state index < -0.39 is 0 Å². The van der Waals surface area contributed by atoms with E-state index in [1.165, 1.54) is 11.3 Å². The van der Waals surface area contributed by atoms with Crippen molar-refractivity contribution in [2.24, 2.45) is 5.10 Å². The number of nitrogens with zero attached hydrogens (tertiary/aromatic N) is 4. The molecule has 0 saturated heterocycles. The first-order valence-electron chi connectivity index (χ1n) is 8.17. The Morgan fingerprint density at radius 3 is 2.15 bits per heavy atom. The fourth-order valence-corrected chi connectivity index (χ4v) is 3.22. The normalized spacial score (nSPS) is 10.4.